The zero-order valence-corrected chi connectivity index (χ0v) is 13.8. The maximum absolute atomic E-state index is 11.4. The normalized spacial score (nSPS) is 17.7. The smallest absolute Gasteiger partial charge is 0.326 e. The highest BCUT2D eigenvalue weighted by molar-refractivity contribution is 9.09. The van der Waals surface area contributed by atoms with E-state index in [-0.39, 0.29) is 4.83 Å². The van der Waals surface area contributed by atoms with Crippen molar-refractivity contribution >= 4 is 41.8 Å². The fraction of sp³-hybridized carbons (Fsp3) is 0.900. The summed E-state index contributed by atoms with van der Waals surface area (Å²) in [5, 5.41) is 0. The van der Waals surface area contributed by atoms with Crippen molar-refractivity contribution in [2.45, 2.75) is 42.7 Å². The second kappa shape index (κ2) is 6.38. The van der Waals surface area contributed by atoms with Crippen LogP contribution in [0.3, 0.4) is 0 Å². The zero-order valence-electron chi connectivity index (χ0n) is 10.5. The number of carbonyl (C=O) groups excluding carboxylic acids is 1. The molecule has 0 aromatic carbocycles. The van der Waals surface area contributed by atoms with Crippen LogP contribution >= 0.6 is 27.5 Å². The first-order chi connectivity index (χ1) is 7.08. The Morgan fingerprint density at radius 3 is 2.38 bits per heavy atom. The molecule has 6 heteroatoms. The molecule has 3 nitrogen and oxygen atoms in total. The minimum Gasteiger partial charge on any atom is -0.468 e. The van der Waals surface area contributed by atoms with Crippen molar-refractivity contribution in [3.8, 4) is 0 Å². The molecule has 0 heterocycles. The first-order valence-electron chi connectivity index (χ1n) is 5.14. The summed E-state index contributed by atoms with van der Waals surface area (Å²) in [5.41, 5.74) is 0. The lowest BCUT2D eigenvalue weighted by Crippen LogP contribution is -2.36. The molecule has 0 saturated carbocycles. The first-order valence-corrected chi connectivity index (χ1v) is 9.84. The molecule has 2 unspecified atom stereocenters. The third-order valence-corrected chi connectivity index (χ3v) is 3.84. The van der Waals surface area contributed by atoms with Gasteiger partial charge in [0.05, 0.1) is 7.11 Å². The van der Waals surface area contributed by atoms with Gasteiger partial charge in [0.15, 0.2) is 8.32 Å². The number of hydrogen-bond donors (Lipinski definition) is 0. The van der Waals surface area contributed by atoms with Crippen LogP contribution in [-0.2, 0) is 14.0 Å². The highest BCUT2D eigenvalue weighted by atomic mass is 79.9. The second-order valence-electron chi connectivity index (χ2n) is 4.91. The van der Waals surface area contributed by atoms with Crippen molar-refractivity contribution in [3.05, 3.63) is 0 Å². The van der Waals surface area contributed by atoms with E-state index in [1.165, 1.54) is 7.11 Å². The summed E-state index contributed by atoms with van der Waals surface area (Å²) in [7, 11) is -0.182. The molecule has 0 aromatic heterocycles. The summed E-state index contributed by atoms with van der Waals surface area (Å²) >= 11 is 9.55. The molecule has 16 heavy (non-hydrogen) atoms. The van der Waals surface area contributed by atoms with Gasteiger partial charge in [-0.1, -0.05) is 15.9 Å². The Kier molecular flexibility index (Phi) is 6.54. The third-order valence-electron chi connectivity index (χ3n) is 1.91. The average Bonchev–Trinajstić information content (AvgIpc) is 2.11. The van der Waals surface area contributed by atoms with Crippen molar-refractivity contribution in [1.29, 1.82) is 0 Å². The Morgan fingerprint density at radius 2 is 2.00 bits per heavy atom. The van der Waals surface area contributed by atoms with E-state index in [1.807, 2.05) is 0 Å². The molecule has 2 atom stereocenters. The van der Waals surface area contributed by atoms with Gasteiger partial charge in [0, 0.05) is 11.4 Å². The van der Waals surface area contributed by atoms with Crippen LogP contribution in [0.25, 0.3) is 0 Å². The van der Waals surface area contributed by atoms with Gasteiger partial charge in [-0.2, -0.15) is 0 Å². The molecule has 0 amide bonds. The number of ether oxygens (including phenoxy) is 1. The van der Waals surface area contributed by atoms with Crippen LogP contribution in [0.4, 0.5) is 0 Å². The van der Waals surface area contributed by atoms with Crippen LogP contribution in [0.5, 0.6) is 0 Å². The first kappa shape index (κ1) is 16.4. The van der Waals surface area contributed by atoms with E-state index in [1.54, 1.807) is 6.92 Å². The molecule has 0 N–H and O–H groups in total. The molecule has 0 aliphatic carbocycles. The molecule has 0 aliphatic rings. The van der Waals surface area contributed by atoms with Gasteiger partial charge in [-0.3, -0.25) is 4.79 Å². The fourth-order valence-electron chi connectivity index (χ4n) is 1.11. The van der Waals surface area contributed by atoms with E-state index < -0.39 is 19.2 Å². The average molecular weight is 332 g/mol. The third kappa shape index (κ3) is 6.88. The number of carbonyl (C=O) groups is 1. The van der Waals surface area contributed by atoms with Gasteiger partial charge >= 0.3 is 5.97 Å². The monoisotopic (exact) mass is 330 g/mol. The molecule has 0 bridgehead atoms. The lowest BCUT2D eigenvalue weighted by Gasteiger charge is -2.24. The molecular formula is C10H20BrClO3Si. The molecule has 0 saturated heterocycles. The van der Waals surface area contributed by atoms with Gasteiger partial charge in [0.2, 0.25) is 0 Å². The summed E-state index contributed by atoms with van der Waals surface area (Å²) < 4.78 is 10.4. The van der Waals surface area contributed by atoms with Crippen LogP contribution in [0.15, 0.2) is 0 Å². The number of halogens is 2. The molecule has 0 spiro atoms. The molecule has 0 fully saturated rings. The lowest BCUT2D eigenvalue weighted by molar-refractivity contribution is -0.143. The Balaban J connectivity index is 4.14. The number of alkyl halides is 2. The SMILES string of the molecule is COC(=O)C(C)(Cl)CC(Br)CO[Si](C)(C)C. The predicted octanol–water partition coefficient (Wildman–Crippen LogP) is 3.16. The van der Waals surface area contributed by atoms with Crippen LogP contribution in [0.1, 0.15) is 13.3 Å². The maximum Gasteiger partial charge on any atom is 0.326 e. The summed E-state index contributed by atoms with van der Waals surface area (Å²) in [6.45, 7) is 8.57. The highest BCUT2D eigenvalue weighted by Gasteiger charge is 2.34. The Morgan fingerprint density at radius 1 is 1.50 bits per heavy atom. The van der Waals surface area contributed by atoms with E-state index in [2.05, 4.69) is 40.3 Å². The van der Waals surface area contributed by atoms with Gasteiger partial charge in [-0.15, -0.1) is 11.6 Å². The molecular weight excluding hydrogens is 312 g/mol. The van der Waals surface area contributed by atoms with Gasteiger partial charge in [-0.05, 0) is 33.0 Å². The van der Waals surface area contributed by atoms with Gasteiger partial charge in [0.1, 0.15) is 4.87 Å². The Hall–Kier alpha value is 0.417. The van der Waals surface area contributed by atoms with E-state index in [9.17, 15) is 4.79 Å². The van der Waals surface area contributed by atoms with Crippen molar-refractivity contribution in [2.24, 2.45) is 0 Å². The van der Waals surface area contributed by atoms with Crippen molar-refractivity contribution < 1.29 is 14.0 Å². The minimum atomic E-state index is -1.52. The predicted molar refractivity (Wildman–Crippen MR) is 72.9 cm³/mol. The van der Waals surface area contributed by atoms with E-state index >= 15 is 0 Å². The van der Waals surface area contributed by atoms with Gasteiger partial charge < -0.3 is 9.16 Å². The summed E-state index contributed by atoms with van der Waals surface area (Å²) in [6.07, 6.45) is 0.478. The summed E-state index contributed by atoms with van der Waals surface area (Å²) in [4.78, 5) is 10.4. The molecule has 96 valence electrons. The molecule has 0 aliphatic heterocycles. The number of methoxy groups -OCH3 is 1. The Bertz CT molecular complexity index is 241. The van der Waals surface area contributed by atoms with Crippen molar-refractivity contribution in [3.63, 3.8) is 0 Å². The largest absolute Gasteiger partial charge is 0.468 e. The summed E-state index contributed by atoms with van der Waals surface area (Å²) in [6, 6.07) is 0. The topological polar surface area (TPSA) is 35.5 Å². The molecule has 0 aromatic rings. The van der Waals surface area contributed by atoms with Crippen molar-refractivity contribution in [2.75, 3.05) is 13.7 Å². The maximum atomic E-state index is 11.4. The van der Waals surface area contributed by atoms with Crippen LogP contribution in [0.2, 0.25) is 19.6 Å². The van der Waals surface area contributed by atoms with Crippen LogP contribution < -0.4 is 0 Å². The number of esters is 1. The number of hydrogen-bond acceptors (Lipinski definition) is 3. The molecule has 0 radical (unpaired) electrons. The molecule has 0 rings (SSSR count). The van der Waals surface area contributed by atoms with E-state index in [0.717, 1.165) is 0 Å². The van der Waals surface area contributed by atoms with E-state index in [0.29, 0.717) is 13.0 Å². The minimum absolute atomic E-state index is 0.0563. The quantitative estimate of drug-likeness (QED) is 0.426. The fourth-order valence-corrected chi connectivity index (χ4v) is 3.29. The Labute approximate surface area is 112 Å². The summed E-state index contributed by atoms with van der Waals surface area (Å²) in [5.74, 6) is -0.411. The standard InChI is InChI=1S/C10H20BrClO3Si/c1-10(12,9(13)14-2)6-8(11)7-15-16(3,4)5/h8H,6-7H2,1-5H3. The van der Waals surface area contributed by atoms with Crippen LogP contribution in [-0.4, -0.2) is 37.7 Å². The zero-order chi connectivity index (χ0) is 13.0. The number of rotatable bonds is 6. The van der Waals surface area contributed by atoms with Crippen molar-refractivity contribution in [1.82, 2.24) is 0 Å². The van der Waals surface area contributed by atoms with Gasteiger partial charge in [-0.25, -0.2) is 0 Å². The lowest BCUT2D eigenvalue weighted by atomic mass is 10.1. The second-order valence-corrected chi connectivity index (χ2v) is 11.6. The van der Waals surface area contributed by atoms with E-state index in [4.69, 9.17) is 16.0 Å². The van der Waals surface area contributed by atoms with Crippen LogP contribution in [0, 0.1) is 0 Å². The highest BCUT2D eigenvalue weighted by Crippen LogP contribution is 2.26. The van der Waals surface area contributed by atoms with Gasteiger partial charge in [0.25, 0.3) is 0 Å².